The molecule has 1 saturated heterocycles. The van der Waals surface area contributed by atoms with Gasteiger partial charge < -0.3 is 9.47 Å². The molecule has 7 nitrogen and oxygen atoms in total. The summed E-state index contributed by atoms with van der Waals surface area (Å²) in [6, 6.07) is 9.31. The Kier molecular flexibility index (Phi) is 6.78. The number of benzene rings is 2. The number of hydrogen-bond acceptors (Lipinski definition) is 5. The fourth-order valence-corrected chi connectivity index (χ4v) is 3.51. The normalized spacial score (nSPS) is 15.0. The summed E-state index contributed by atoms with van der Waals surface area (Å²) in [5.41, 5.74) is 1.65. The molecule has 0 spiro atoms. The molecule has 0 unspecified atom stereocenters. The maximum atomic E-state index is 13.0. The van der Waals surface area contributed by atoms with Crippen LogP contribution in [0.1, 0.15) is 18.1 Å². The zero-order chi connectivity index (χ0) is 22.5. The Balaban J connectivity index is 2.02. The summed E-state index contributed by atoms with van der Waals surface area (Å²) in [6.45, 7) is 4.12. The number of hydrogen-bond donors (Lipinski definition) is 1. The molecule has 3 rings (SSSR count). The number of amides is 4. The van der Waals surface area contributed by atoms with Crippen molar-refractivity contribution in [1.82, 2.24) is 5.32 Å². The number of urea groups is 1. The number of aryl methyl sites for hydroxylation is 1. The van der Waals surface area contributed by atoms with Crippen LogP contribution in [-0.4, -0.2) is 31.1 Å². The van der Waals surface area contributed by atoms with E-state index in [9.17, 15) is 14.4 Å². The Morgan fingerprint density at radius 3 is 2.52 bits per heavy atom. The lowest BCUT2D eigenvalue weighted by molar-refractivity contribution is -0.122. The number of imide groups is 2. The van der Waals surface area contributed by atoms with Gasteiger partial charge in [0.1, 0.15) is 12.2 Å². The Bertz CT molecular complexity index is 1120. The maximum absolute atomic E-state index is 13.0. The second kappa shape index (κ2) is 9.49. The van der Waals surface area contributed by atoms with Crippen molar-refractivity contribution >= 4 is 45.5 Å². The second-order valence-corrected chi connectivity index (χ2v) is 7.40. The summed E-state index contributed by atoms with van der Waals surface area (Å²) in [6.07, 6.45) is 6.65. The third-order valence-electron chi connectivity index (χ3n) is 4.34. The van der Waals surface area contributed by atoms with Crippen LogP contribution in [0.2, 0.25) is 0 Å². The van der Waals surface area contributed by atoms with E-state index in [2.05, 4.69) is 27.2 Å². The number of nitrogens with zero attached hydrogens (tertiary/aromatic N) is 1. The average molecular weight is 483 g/mol. The highest BCUT2D eigenvalue weighted by atomic mass is 79.9. The Morgan fingerprint density at radius 2 is 1.87 bits per heavy atom. The lowest BCUT2D eigenvalue weighted by Crippen LogP contribution is -2.54. The summed E-state index contributed by atoms with van der Waals surface area (Å²) in [4.78, 5) is 38.7. The molecule has 1 heterocycles. The highest BCUT2D eigenvalue weighted by Gasteiger charge is 2.36. The molecule has 1 fully saturated rings. The summed E-state index contributed by atoms with van der Waals surface area (Å²) in [5, 5.41) is 2.21. The van der Waals surface area contributed by atoms with Gasteiger partial charge in [0.2, 0.25) is 0 Å². The van der Waals surface area contributed by atoms with Gasteiger partial charge in [-0.3, -0.25) is 14.9 Å². The van der Waals surface area contributed by atoms with Crippen LogP contribution in [0.15, 0.2) is 46.4 Å². The van der Waals surface area contributed by atoms with Crippen LogP contribution in [0.25, 0.3) is 6.08 Å². The van der Waals surface area contributed by atoms with Crippen molar-refractivity contribution in [2.75, 3.05) is 18.1 Å². The number of halogens is 1. The van der Waals surface area contributed by atoms with Gasteiger partial charge in [-0.1, -0.05) is 23.6 Å². The topological polar surface area (TPSA) is 84.9 Å². The van der Waals surface area contributed by atoms with Gasteiger partial charge in [-0.15, -0.1) is 6.42 Å². The van der Waals surface area contributed by atoms with E-state index >= 15 is 0 Å². The van der Waals surface area contributed by atoms with Crippen LogP contribution in [0.4, 0.5) is 10.5 Å². The van der Waals surface area contributed by atoms with Crippen molar-refractivity contribution in [3.05, 3.63) is 57.6 Å². The molecule has 8 heteroatoms. The minimum Gasteiger partial charge on any atom is -0.490 e. The highest BCUT2D eigenvalue weighted by molar-refractivity contribution is 9.10. The predicted octanol–water partition coefficient (Wildman–Crippen LogP) is 3.83. The molecule has 1 N–H and O–H groups in total. The zero-order valence-corrected chi connectivity index (χ0v) is 18.5. The van der Waals surface area contributed by atoms with E-state index in [1.54, 1.807) is 36.4 Å². The Labute approximate surface area is 188 Å². The number of barbiturate groups is 1. The lowest BCUT2D eigenvalue weighted by Gasteiger charge is -2.26. The van der Waals surface area contributed by atoms with Gasteiger partial charge in [-0.05, 0) is 65.7 Å². The van der Waals surface area contributed by atoms with Gasteiger partial charge in [-0.2, -0.15) is 0 Å². The molecule has 2 aromatic carbocycles. The van der Waals surface area contributed by atoms with Crippen LogP contribution in [-0.2, 0) is 9.59 Å². The first-order chi connectivity index (χ1) is 14.8. The standard InChI is InChI=1S/C23H19BrN2O5/c1-4-10-31-20-18(24)12-15(13-19(20)30-5-2)11-17-21(27)25-23(29)26(22(17)28)16-8-6-14(3)7-9-16/h1,6-9,11-13H,5,10H2,2-3H3,(H,25,27,29). The molecule has 1 aliphatic rings. The van der Waals surface area contributed by atoms with Crippen molar-refractivity contribution < 1.29 is 23.9 Å². The number of carbonyl (C=O) groups excluding carboxylic acids is 3. The first-order valence-corrected chi connectivity index (χ1v) is 10.2. The molecule has 31 heavy (non-hydrogen) atoms. The van der Waals surface area contributed by atoms with Crippen LogP contribution in [0, 0.1) is 19.3 Å². The smallest absolute Gasteiger partial charge is 0.335 e. The Morgan fingerprint density at radius 1 is 1.16 bits per heavy atom. The zero-order valence-electron chi connectivity index (χ0n) is 16.9. The number of terminal acetylenes is 1. The fourth-order valence-electron chi connectivity index (χ4n) is 2.94. The SMILES string of the molecule is C#CCOc1c(Br)cc(C=C2C(=O)NC(=O)N(c3ccc(C)cc3)C2=O)cc1OCC. The summed E-state index contributed by atoms with van der Waals surface area (Å²) in [5.74, 6) is 1.70. The number of nitrogens with one attached hydrogen (secondary N) is 1. The number of anilines is 1. The molecular weight excluding hydrogens is 464 g/mol. The number of ether oxygens (including phenoxy) is 2. The van der Waals surface area contributed by atoms with Crippen molar-refractivity contribution in [2.45, 2.75) is 13.8 Å². The van der Waals surface area contributed by atoms with Crippen molar-refractivity contribution in [1.29, 1.82) is 0 Å². The van der Waals surface area contributed by atoms with Crippen LogP contribution in [0.5, 0.6) is 11.5 Å². The monoisotopic (exact) mass is 482 g/mol. The molecule has 158 valence electrons. The van der Waals surface area contributed by atoms with E-state index in [1.165, 1.54) is 6.08 Å². The lowest BCUT2D eigenvalue weighted by atomic mass is 10.1. The van der Waals surface area contributed by atoms with Crippen LogP contribution in [0.3, 0.4) is 0 Å². The second-order valence-electron chi connectivity index (χ2n) is 6.55. The predicted molar refractivity (Wildman–Crippen MR) is 120 cm³/mol. The molecule has 0 atom stereocenters. The van der Waals surface area contributed by atoms with Crippen molar-refractivity contribution in [3.63, 3.8) is 0 Å². The minimum absolute atomic E-state index is 0.0492. The number of rotatable bonds is 6. The van der Waals surface area contributed by atoms with E-state index in [4.69, 9.17) is 15.9 Å². The maximum Gasteiger partial charge on any atom is 0.335 e. The molecule has 4 amide bonds. The first-order valence-electron chi connectivity index (χ1n) is 9.36. The van der Waals surface area contributed by atoms with E-state index in [1.807, 2.05) is 13.8 Å². The summed E-state index contributed by atoms with van der Waals surface area (Å²) >= 11 is 3.41. The third kappa shape index (κ3) is 4.78. The molecular formula is C23H19BrN2O5. The molecule has 0 aromatic heterocycles. The Hall–Kier alpha value is -3.57. The minimum atomic E-state index is -0.801. The van der Waals surface area contributed by atoms with E-state index in [-0.39, 0.29) is 12.2 Å². The molecule has 0 radical (unpaired) electrons. The van der Waals surface area contributed by atoms with E-state index in [0.717, 1.165) is 10.5 Å². The molecule has 1 aliphatic heterocycles. The van der Waals surface area contributed by atoms with Gasteiger partial charge in [0, 0.05) is 0 Å². The van der Waals surface area contributed by atoms with Gasteiger partial charge in [0.15, 0.2) is 11.5 Å². The fraction of sp³-hybridized carbons (Fsp3) is 0.174. The third-order valence-corrected chi connectivity index (χ3v) is 4.93. The quantitative estimate of drug-likeness (QED) is 0.384. The van der Waals surface area contributed by atoms with Gasteiger partial charge >= 0.3 is 6.03 Å². The van der Waals surface area contributed by atoms with Gasteiger partial charge in [0.05, 0.1) is 16.8 Å². The number of carbonyl (C=O) groups is 3. The van der Waals surface area contributed by atoms with Crippen LogP contribution >= 0.6 is 15.9 Å². The largest absolute Gasteiger partial charge is 0.490 e. The molecule has 0 bridgehead atoms. The van der Waals surface area contributed by atoms with Gasteiger partial charge in [-0.25, -0.2) is 9.69 Å². The molecule has 0 saturated carbocycles. The average Bonchev–Trinajstić information content (AvgIpc) is 2.72. The van der Waals surface area contributed by atoms with E-state index in [0.29, 0.717) is 33.8 Å². The highest BCUT2D eigenvalue weighted by Crippen LogP contribution is 2.37. The molecule has 0 aliphatic carbocycles. The van der Waals surface area contributed by atoms with Crippen LogP contribution < -0.4 is 19.7 Å². The van der Waals surface area contributed by atoms with Crippen molar-refractivity contribution in [2.24, 2.45) is 0 Å². The molecule has 2 aromatic rings. The van der Waals surface area contributed by atoms with Crippen molar-refractivity contribution in [3.8, 4) is 23.8 Å². The summed E-state index contributed by atoms with van der Waals surface area (Å²) in [7, 11) is 0. The first kappa shape index (κ1) is 22.1. The summed E-state index contributed by atoms with van der Waals surface area (Å²) < 4.78 is 11.7. The van der Waals surface area contributed by atoms with Gasteiger partial charge in [0.25, 0.3) is 11.8 Å². The van der Waals surface area contributed by atoms with E-state index < -0.39 is 17.8 Å².